The molecule has 4 rings (SSSR count). The number of fused-ring (bicyclic) bond motifs is 2. The molecule has 1 atom stereocenters. The van der Waals surface area contributed by atoms with E-state index in [0.29, 0.717) is 6.42 Å². The molecule has 0 saturated heterocycles. The second kappa shape index (κ2) is 3.48. The maximum atomic E-state index is 13.5. The maximum absolute atomic E-state index is 13.5. The van der Waals surface area contributed by atoms with Gasteiger partial charge in [0.2, 0.25) is 5.91 Å². The smallest absolute Gasteiger partial charge is 0.241 e. The van der Waals surface area contributed by atoms with Crippen LogP contribution in [0.1, 0.15) is 29.2 Å². The standard InChI is InChI=1S/C17H14FNO/c1-17-13-7-6-12(18)9-11(13)8-10-4-3-5-14(15(10)17)19(2)16(17)20/h3-7,9H,8H2,1-2H3. The van der Waals surface area contributed by atoms with Gasteiger partial charge in [0.15, 0.2) is 0 Å². The quantitative estimate of drug-likeness (QED) is 0.718. The van der Waals surface area contributed by atoms with Gasteiger partial charge in [0, 0.05) is 12.7 Å². The first-order valence-corrected chi connectivity index (χ1v) is 6.73. The molecular formula is C17H14FNO. The van der Waals surface area contributed by atoms with Gasteiger partial charge in [0.25, 0.3) is 0 Å². The third kappa shape index (κ3) is 1.16. The Morgan fingerprint density at radius 3 is 2.80 bits per heavy atom. The Kier molecular flexibility index (Phi) is 2.03. The Morgan fingerprint density at radius 1 is 1.20 bits per heavy atom. The van der Waals surface area contributed by atoms with Gasteiger partial charge in [-0.05, 0) is 53.8 Å². The van der Waals surface area contributed by atoms with Crippen molar-refractivity contribution in [3.05, 3.63) is 64.5 Å². The Balaban J connectivity index is 2.11. The molecule has 2 aromatic carbocycles. The van der Waals surface area contributed by atoms with Crippen molar-refractivity contribution in [1.82, 2.24) is 0 Å². The normalized spacial score (nSPS) is 22.8. The van der Waals surface area contributed by atoms with Crippen molar-refractivity contribution in [1.29, 1.82) is 0 Å². The van der Waals surface area contributed by atoms with E-state index in [0.717, 1.165) is 27.9 Å². The van der Waals surface area contributed by atoms with E-state index in [4.69, 9.17) is 0 Å². The average molecular weight is 267 g/mol. The third-order valence-corrected chi connectivity index (χ3v) is 4.71. The molecule has 0 radical (unpaired) electrons. The summed E-state index contributed by atoms with van der Waals surface area (Å²) < 4.78 is 13.5. The summed E-state index contributed by atoms with van der Waals surface area (Å²) in [5, 5.41) is 0. The molecule has 2 nitrogen and oxygen atoms in total. The minimum absolute atomic E-state index is 0.0625. The molecule has 0 fully saturated rings. The van der Waals surface area contributed by atoms with Crippen LogP contribution >= 0.6 is 0 Å². The summed E-state index contributed by atoms with van der Waals surface area (Å²) in [6, 6.07) is 10.8. The van der Waals surface area contributed by atoms with Gasteiger partial charge in [-0.3, -0.25) is 4.79 Å². The molecule has 1 aliphatic heterocycles. The van der Waals surface area contributed by atoms with Crippen LogP contribution in [0.15, 0.2) is 36.4 Å². The number of halogens is 1. The lowest BCUT2D eigenvalue weighted by molar-refractivity contribution is -0.121. The number of hydrogen-bond acceptors (Lipinski definition) is 1. The summed E-state index contributed by atoms with van der Waals surface area (Å²) in [5.74, 6) is -0.182. The van der Waals surface area contributed by atoms with Gasteiger partial charge >= 0.3 is 0 Å². The highest BCUT2D eigenvalue weighted by Gasteiger charge is 2.51. The molecule has 0 aromatic heterocycles. The molecule has 20 heavy (non-hydrogen) atoms. The number of hydrogen-bond donors (Lipinski definition) is 0. The molecule has 100 valence electrons. The average Bonchev–Trinajstić information content (AvgIpc) is 2.63. The Bertz CT molecular complexity index is 768. The van der Waals surface area contributed by atoms with Crippen molar-refractivity contribution < 1.29 is 9.18 Å². The minimum Gasteiger partial charge on any atom is -0.314 e. The molecule has 0 bridgehead atoms. The summed E-state index contributed by atoms with van der Waals surface area (Å²) in [6.07, 6.45) is 0.687. The number of carbonyl (C=O) groups excluding carboxylic acids is 1. The van der Waals surface area contributed by atoms with Gasteiger partial charge in [0.05, 0.1) is 5.41 Å². The fourth-order valence-corrected chi connectivity index (χ4v) is 3.79. The molecule has 2 aromatic rings. The van der Waals surface area contributed by atoms with Gasteiger partial charge in [-0.2, -0.15) is 0 Å². The fraction of sp³-hybridized carbons (Fsp3) is 0.235. The van der Waals surface area contributed by atoms with Crippen LogP contribution < -0.4 is 4.90 Å². The Hall–Kier alpha value is -2.16. The van der Waals surface area contributed by atoms with Crippen molar-refractivity contribution in [3.8, 4) is 0 Å². The highest BCUT2D eigenvalue weighted by atomic mass is 19.1. The van der Waals surface area contributed by atoms with Crippen molar-refractivity contribution in [2.45, 2.75) is 18.8 Å². The van der Waals surface area contributed by atoms with E-state index in [2.05, 4.69) is 0 Å². The highest BCUT2D eigenvalue weighted by molar-refractivity contribution is 6.11. The zero-order valence-electron chi connectivity index (χ0n) is 11.4. The van der Waals surface area contributed by atoms with E-state index >= 15 is 0 Å². The lowest BCUT2D eigenvalue weighted by Gasteiger charge is -2.32. The lowest BCUT2D eigenvalue weighted by atomic mass is 9.68. The number of nitrogens with zero attached hydrogens (tertiary/aromatic N) is 1. The van der Waals surface area contributed by atoms with E-state index in [-0.39, 0.29) is 11.7 Å². The topological polar surface area (TPSA) is 20.3 Å². The van der Waals surface area contributed by atoms with Gasteiger partial charge < -0.3 is 4.90 Å². The van der Waals surface area contributed by atoms with Crippen LogP contribution in [0, 0.1) is 5.82 Å². The Morgan fingerprint density at radius 2 is 2.00 bits per heavy atom. The lowest BCUT2D eigenvalue weighted by Crippen LogP contribution is -2.39. The molecule has 1 aliphatic carbocycles. The number of benzene rings is 2. The molecule has 0 saturated carbocycles. The van der Waals surface area contributed by atoms with Crippen molar-refractivity contribution in [2.24, 2.45) is 0 Å². The highest BCUT2D eigenvalue weighted by Crippen LogP contribution is 2.51. The second-order valence-corrected chi connectivity index (χ2v) is 5.78. The minimum atomic E-state index is -0.679. The summed E-state index contributed by atoms with van der Waals surface area (Å²) in [4.78, 5) is 14.5. The van der Waals surface area contributed by atoms with Crippen LogP contribution in [0.4, 0.5) is 10.1 Å². The van der Waals surface area contributed by atoms with Gasteiger partial charge in [-0.1, -0.05) is 18.2 Å². The number of rotatable bonds is 0. The van der Waals surface area contributed by atoms with Crippen LogP contribution in [0.2, 0.25) is 0 Å². The molecule has 1 amide bonds. The van der Waals surface area contributed by atoms with Crippen LogP contribution in [-0.4, -0.2) is 13.0 Å². The van der Waals surface area contributed by atoms with Crippen molar-refractivity contribution in [3.63, 3.8) is 0 Å². The molecule has 3 heteroatoms. The SMILES string of the molecule is CN1C(=O)C2(C)c3ccc(F)cc3Cc3cccc1c32. The zero-order chi connectivity index (χ0) is 14.1. The molecule has 1 unspecified atom stereocenters. The van der Waals surface area contributed by atoms with Crippen LogP contribution in [0.3, 0.4) is 0 Å². The van der Waals surface area contributed by atoms with E-state index in [9.17, 15) is 9.18 Å². The summed E-state index contributed by atoms with van der Waals surface area (Å²) >= 11 is 0. The Labute approximate surface area is 116 Å². The maximum Gasteiger partial charge on any atom is 0.241 e. The second-order valence-electron chi connectivity index (χ2n) is 5.78. The van der Waals surface area contributed by atoms with E-state index < -0.39 is 5.41 Å². The van der Waals surface area contributed by atoms with Crippen molar-refractivity contribution >= 4 is 11.6 Å². The summed E-state index contributed by atoms with van der Waals surface area (Å²) in [6.45, 7) is 1.96. The molecule has 2 aliphatic rings. The van der Waals surface area contributed by atoms with Crippen LogP contribution in [-0.2, 0) is 16.6 Å². The zero-order valence-corrected chi connectivity index (χ0v) is 11.4. The van der Waals surface area contributed by atoms with E-state index in [1.54, 1.807) is 17.0 Å². The monoisotopic (exact) mass is 267 g/mol. The number of carbonyl (C=O) groups is 1. The largest absolute Gasteiger partial charge is 0.314 e. The number of likely N-dealkylation sites (N-methyl/N-ethyl adjacent to an activating group) is 1. The van der Waals surface area contributed by atoms with Crippen molar-refractivity contribution in [2.75, 3.05) is 11.9 Å². The first kappa shape index (κ1) is 11.6. The summed E-state index contributed by atoms with van der Waals surface area (Å²) in [7, 11) is 1.81. The molecule has 1 heterocycles. The first-order valence-electron chi connectivity index (χ1n) is 6.73. The molecular weight excluding hydrogens is 253 g/mol. The number of amides is 1. The van der Waals surface area contributed by atoms with Gasteiger partial charge in [-0.15, -0.1) is 0 Å². The van der Waals surface area contributed by atoms with E-state index in [1.807, 2.05) is 32.2 Å². The first-order chi connectivity index (χ1) is 9.53. The predicted octanol–water partition coefficient (Wildman–Crippen LogP) is 3.01. The van der Waals surface area contributed by atoms with Gasteiger partial charge in [-0.25, -0.2) is 4.39 Å². The van der Waals surface area contributed by atoms with Crippen LogP contribution in [0.5, 0.6) is 0 Å². The van der Waals surface area contributed by atoms with Gasteiger partial charge in [0.1, 0.15) is 5.82 Å². The van der Waals surface area contributed by atoms with E-state index in [1.165, 1.54) is 6.07 Å². The summed E-state index contributed by atoms with van der Waals surface area (Å²) in [5.41, 5.74) is 4.37. The molecule has 0 spiro atoms. The molecule has 0 N–H and O–H groups in total. The predicted molar refractivity (Wildman–Crippen MR) is 75.5 cm³/mol. The van der Waals surface area contributed by atoms with Crippen LogP contribution in [0.25, 0.3) is 0 Å². The third-order valence-electron chi connectivity index (χ3n) is 4.71. The fourth-order valence-electron chi connectivity index (χ4n) is 3.79. The number of anilines is 1.